The number of methoxy groups -OCH3 is 1. The summed E-state index contributed by atoms with van der Waals surface area (Å²) in [6, 6.07) is 8.02. The molecule has 0 heterocycles. The molecule has 4 heteroatoms. The van der Waals surface area contributed by atoms with Crippen LogP contribution in [0.2, 0.25) is 0 Å². The Morgan fingerprint density at radius 3 is 2.61 bits per heavy atom. The van der Waals surface area contributed by atoms with E-state index in [2.05, 4.69) is 19.2 Å². The maximum atomic E-state index is 12.0. The van der Waals surface area contributed by atoms with Crippen LogP contribution < -0.4 is 10.1 Å². The Hall–Kier alpha value is -0.870. The Bertz CT molecular complexity index is 393. The summed E-state index contributed by atoms with van der Waals surface area (Å²) in [5.41, 5.74) is 1.12. The summed E-state index contributed by atoms with van der Waals surface area (Å²) < 4.78 is 17.2. The van der Waals surface area contributed by atoms with Crippen LogP contribution in [0.5, 0.6) is 5.75 Å². The van der Waals surface area contributed by atoms with Crippen molar-refractivity contribution in [3.05, 3.63) is 29.8 Å². The highest BCUT2D eigenvalue weighted by Gasteiger charge is 2.14. The summed E-state index contributed by atoms with van der Waals surface area (Å²) in [6.07, 6.45) is 0. The van der Waals surface area contributed by atoms with Crippen LogP contribution in [0.25, 0.3) is 0 Å². The molecule has 0 aliphatic carbocycles. The molecule has 102 valence electrons. The fraction of sp³-hybridized carbons (Fsp3) is 0.571. The molecule has 0 amide bonds. The summed E-state index contributed by atoms with van der Waals surface area (Å²) in [5.74, 6) is 2.69. The summed E-state index contributed by atoms with van der Waals surface area (Å²) in [6.45, 7) is 4.19. The van der Waals surface area contributed by atoms with Gasteiger partial charge in [-0.05, 0) is 30.7 Å². The number of ether oxygens (including phenoxy) is 1. The van der Waals surface area contributed by atoms with E-state index in [0.29, 0.717) is 11.7 Å². The van der Waals surface area contributed by atoms with E-state index in [9.17, 15) is 4.21 Å². The van der Waals surface area contributed by atoms with E-state index < -0.39 is 10.8 Å². The van der Waals surface area contributed by atoms with Gasteiger partial charge in [-0.15, -0.1) is 0 Å². The minimum absolute atomic E-state index is 0.111. The quantitative estimate of drug-likeness (QED) is 0.826. The molecule has 3 nitrogen and oxygen atoms in total. The van der Waals surface area contributed by atoms with Crippen LogP contribution >= 0.6 is 0 Å². The Labute approximate surface area is 112 Å². The SMILES string of the molecule is CNC(CS(=O)CC(C)C)c1cccc(OC)c1. The lowest BCUT2D eigenvalue weighted by Gasteiger charge is -2.17. The average Bonchev–Trinajstić information content (AvgIpc) is 2.35. The van der Waals surface area contributed by atoms with Gasteiger partial charge >= 0.3 is 0 Å². The fourth-order valence-corrected chi connectivity index (χ4v) is 3.44. The molecule has 0 bridgehead atoms. The molecule has 0 aliphatic heterocycles. The van der Waals surface area contributed by atoms with Gasteiger partial charge in [0.25, 0.3) is 0 Å². The van der Waals surface area contributed by atoms with Gasteiger partial charge in [-0.3, -0.25) is 4.21 Å². The van der Waals surface area contributed by atoms with Gasteiger partial charge in [0.05, 0.1) is 7.11 Å². The molecule has 1 aromatic rings. The first kappa shape index (κ1) is 15.2. The lowest BCUT2D eigenvalue weighted by Crippen LogP contribution is -2.24. The van der Waals surface area contributed by atoms with Gasteiger partial charge in [-0.1, -0.05) is 26.0 Å². The molecule has 0 radical (unpaired) electrons. The van der Waals surface area contributed by atoms with Crippen LogP contribution in [0.4, 0.5) is 0 Å². The van der Waals surface area contributed by atoms with E-state index in [1.807, 2.05) is 31.3 Å². The van der Waals surface area contributed by atoms with Gasteiger partial charge in [0.1, 0.15) is 5.75 Å². The van der Waals surface area contributed by atoms with Gasteiger partial charge in [-0.2, -0.15) is 0 Å². The summed E-state index contributed by atoms with van der Waals surface area (Å²) in [5, 5.41) is 3.23. The molecule has 0 spiro atoms. The third-order valence-corrected chi connectivity index (χ3v) is 4.46. The maximum absolute atomic E-state index is 12.0. The van der Waals surface area contributed by atoms with Crippen LogP contribution in [0.1, 0.15) is 25.5 Å². The first-order chi connectivity index (χ1) is 8.56. The summed E-state index contributed by atoms with van der Waals surface area (Å²) >= 11 is 0. The fourth-order valence-electron chi connectivity index (χ4n) is 1.83. The van der Waals surface area contributed by atoms with E-state index in [0.717, 1.165) is 17.1 Å². The van der Waals surface area contributed by atoms with Gasteiger partial charge in [0.2, 0.25) is 0 Å². The first-order valence-electron chi connectivity index (χ1n) is 6.23. The van der Waals surface area contributed by atoms with Crippen molar-refractivity contribution in [2.45, 2.75) is 19.9 Å². The zero-order valence-electron chi connectivity index (χ0n) is 11.6. The van der Waals surface area contributed by atoms with Crippen molar-refractivity contribution < 1.29 is 8.95 Å². The Balaban J connectivity index is 2.73. The van der Waals surface area contributed by atoms with Crippen molar-refractivity contribution in [2.24, 2.45) is 5.92 Å². The van der Waals surface area contributed by atoms with Crippen molar-refractivity contribution >= 4 is 10.8 Å². The lowest BCUT2D eigenvalue weighted by atomic mass is 10.1. The molecular weight excluding hydrogens is 246 g/mol. The molecule has 18 heavy (non-hydrogen) atoms. The Morgan fingerprint density at radius 2 is 2.06 bits per heavy atom. The summed E-state index contributed by atoms with van der Waals surface area (Å²) in [4.78, 5) is 0. The van der Waals surface area contributed by atoms with Crippen LogP contribution in [0.3, 0.4) is 0 Å². The molecule has 2 unspecified atom stereocenters. The largest absolute Gasteiger partial charge is 0.497 e. The molecular formula is C14H23NO2S. The third-order valence-electron chi connectivity index (χ3n) is 2.72. The van der Waals surface area contributed by atoms with Gasteiger partial charge in [0, 0.05) is 28.3 Å². The van der Waals surface area contributed by atoms with Gasteiger partial charge in [0.15, 0.2) is 0 Å². The topological polar surface area (TPSA) is 38.3 Å². The standard InChI is InChI=1S/C14H23NO2S/c1-11(2)9-18(16)10-14(15-3)12-6-5-7-13(8-12)17-4/h5-8,11,14-15H,9-10H2,1-4H3. The van der Waals surface area contributed by atoms with E-state index in [4.69, 9.17) is 4.74 Å². The highest BCUT2D eigenvalue weighted by atomic mass is 32.2. The van der Waals surface area contributed by atoms with E-state index >= 15 is 0 Å². The van der Waals surface area contributed by atoms with Crippen molar-refractivity contribution in [3.63, 3.8) is 0 Å². The van der Waals surface area contributed by atoms with E-state index in [-0.39, 0.29) is 6.04 Å². The first-order valence-corrected chi connectivity index (χ1v) is 7.71. The molecule has 0 fully saturated rings. The number of benzene rings is 1. The molecule has 1 rings (SSSR count). The summed E-state index contributed by atoms with van der Waals surface area (Å²) in [7, 11) is 2.76. The Kier molecular flexibility index (Phi) is 6.36. The zero-order chi connectivity index (χ0) is 13.5. The van der Waals surface area contributed by atoms with Crippen LogP contribution in [-0.4, -0.2) is 29.9 Å². The van der Waals surface area contributed by atoms with Crippen LogP contribution in [0.15, 0.2) is 24.3 Å². The van der Waals surface area contributed by atoms with Crippen molar-refractivity contribution in [1.82, 2.24) is 5.32 Å². The highest BCUT2D eigenvalue weighted by molar-refractivity contribution is 7.85. The van der Waals surface area contributed by atoms with Crippen LogP contribution in [-0.2, 0) is 10.8 Å². The number of nitrogens with one attached hydrogen (secondary N) is 1. The van der Waals surface area contributed by atoms with Crippen LogP contribution in [0, 0.1) is 5.92 Å². The monoisotopic (exact) mass is 269 g/mol. The normalized spacial score (nSPS) is 14.5. The van der Waals surface area contributed by atoms with Crippen molar-refractivity contribution in [2.75, 3.05) is 25.7 Å². The average molecular weight is 269 g/mol. The predicted octanol–water partition coefficient (Wildman–Crippen LogP) is 2.36. The van der Waals surface area contributed by atoms with Gasteiger partial charge in [-0.25, -0.2) is 0 Å². The van der Waals surface area contributed by atoms with Crippen molar-refractivity contribution in [3.8, 4) is 5.75 Å². The minimum Gasteiger partial charge on any atom is -0.497 e. The van der Waals surface area contributed by atoms with Crippen molar-refractivity contribution in [1.29, 1.82) is 0 Å². The third kappa shape index (κ3) is 4.78. The molecule has 1 N–H and O–H groups in total. The van der Waals surface area contributed by atoms with E-state index in [1.54, 1.807) is 7.11 Å². The predicted molar refractivity (Wildman–Crippen MR) is 77.5 cm³/mol. The minimum atomic E-state index is -0.792. The molecule has 0 saturated carbocycles. The zero-order valence-corrected chi connectivity index (χ0v) is 12.4. The molecule has 0 aliphatic rings. The smallest absolute Gasteiger partial charge is 0.119 e. The Morgan fingerprint density at radius 1 is 1.33 bits per heavy atom. The number of hydrogen-bond acceptors (Lipinski definition) is 3. The maximum Gasteiger partial charge on any atom is 0.119 e. The second-order valence-corrected chi connectivity index (χ2v) is 6.33. The highest BCUT2D eigenvalue weighted by Crippen LogP contribution is 2.20. The lowest BCUT2D eigenvalue weighted by molar-refractivity contribution is 0.413. The number of hydrogen-bond donors (Lipinski definition) is 1. The second-order valence-electron chi connectivity index (χ2n) is 4.78. The molecule has 1 aromatic carbocycles. The number of rotatable bonds is 7. The molecule has 0 saturated heterocycles. The second kappa shape index (κ2) is 7.54. The van der Waals surface area contributed by atoms with Gasteiger partial charge < -0.3 is 10.1 Å². The molecule has 0 aromatic heterocycles. The van der Waals surface area contributed by atoms with E-state index in [1.165, 1.54) is 0 Å². The molecule has 2 atom stereocenters.